The number of hydrogen-bond donors (Lipinski definition) is 2. The number of H-pyrrole nitrogens is 1. The predicted octanol–water partition coefficient (Wildman–Crippen LogP) is 2.33. The Hall–Kier alpha value is -1.35. The van der Waals surface area contributed by atoms with Crippen LogP contribution in [0.4, 0.5) is 4.39 Å². The third kappa shape index (κ3) is 1.42. The molecule has 3 heteroatoms. The lowest BCUT2D eigenvalue weighted by Crippen LogP contribution is -2.04. The number of aromatic amines is 1. The van der Waals surface area contributed by atoms with Gasteiger partial charge in [-0.15, -0.1) is 0 Å². The van der Waals surface area contributed by atoms with Crippen LogP contribution in [0, 0.1) is 5.82 Å². The van der Waals surface area contributed by atoms with Crippen molar-refractivity contribution in [1.82, 2.24) is 4.98 Å². The van der Waals surface area contributed by atoms with Crippen LogP contribution >= 0.6 is 0 Å². The van der Waals surface area contributed by atoms with Crippen LogP contribution in [0.3, 0.4) is 0 Å². The molecule has 0 aliphatic carbocycles. The molecule has 1 aromatic carbocycles. The monoisotopic (exact) mass is 178 g/mol. The maximum Gasteiger partial charge on any atom is 0.125 e. The van der Waals surface area contributed by atoms with Gasteiger partial charge >= 0.3 is 0 Å². The maximum absolute atomic E-state index is 12.8. The highest BCUT2D eigenvalue weighted by molar-refractivity contribution is 5.80. The topological polar surface area (TPSA) is 41.8 Å². The lowest BCUT2D eigenvalue weighted by Gasteiger charge is -1.98. The van der Waals surface area contributed by atoms with Gasteiger partial charge in [0, 0.05) is 17.3 Å². The van der Waals surface area contributed by atoms with Crippen molar-refractivity contribution in [3.63, 3.8) is 0 Å². The average molecular weight is 178 g/mol. The first-order valence-corrected chi connectivity index (χ1v) is 4.20. The molecule has 13 heavy (non-hydrogen) atoms. The van der Waals surface area contributed by atoms with Gasteiger partial charge in [0.2, 0.25) is 0 Å². The Kier molecular flexibility index (Phi) is 1.81. The average Bonchev–Trinajstić information content (AvgIpc) is 2.46. The Bertz CT molecular complexity index is 431. The Morgan fingerprint density at radius 3 is 2.85 bits per heavy atom. The highest BCUT2D eigenvalue weighted by atomic mass is 19.1. The molecule has 0 saturated heterocycles. The molecule has 0 aliphatic heterocycles. The minimum Gasteiger partial charge on any atom is -0.357 e. The van der Waals surface area contributed by atoms with E-state index >= 15 is 0 Å². The van der Waals surface area contributed by atoms with Crippen LogP contribution in [0.5, 0.6) is 0 Å². The zero-order chi connectivity index (χ0) is 9.42. The number of aromatic nitrogens is 1. The van der Waals surface area contributed by atoms with E-state index in [1.165, 1.54) is 12.1 Å². The van der Waals surface area contributed by atoms with Gasteiger partial charge < -0.3 is 10.7 Å². The van der Waals surface area contributed by atoms with E-state index in [1.54, 1.807) is 6.07 Å². The van der Waals surface area contributed by atoms with E-state index in [0.29, 0.717) is 0 Å². The molecular formula is C10H11FN2. The molecule has 0 amide bonds. The fourth-order valence-electron chi connectivity index (χ4n) is 1.37. The fourth-order valence-corrected chi connectivity index (χ4v) is 1.37. The van der Waals surface area contributed by atoms with E-state index in [9.17, 15) is 4.39 Å². The van der Waals surface area contributed by atoms with Gasteiger partial charge in [0.1, 0.15) is 5.82 Å². The zero-order valence-electron chi connectivity index (χ0n) is 7.34. The van der Waals surface area contributed by atoms with E-state index in [1.807, 2.05) is 13.0 Å². The Labute approximate surface area is 75.6 Å². The molecule has 2 rings (SSSR count). The van der Waals surface area contributed by atoms with E-state index in [4.69, 9.17) is 5.73 Å². The Morgan fingerprint density at radius 1 is 1.38 bits per heavy atom. The Morgan fingerprint density at radius 2 is 2.15 bits per heavy atom. The predicted molar refractivity (Wildman–Crippen MR) is 50.9 cm³/mol. The SMILES string of the molecule is C[C@@H](N)c1cc2ccc(F)cc2[nH]1. The van der Waals surface area contributed by atoms with Gasteiger partial charge in [-0.25, -0.2) is 4.39 Å². The summed E-state index contributed by atoms with van der Waals surface area (Å²) in [7, 11) is 0. The van der Waals surface area contributed by atoms with Crippen molar-refractivity contribution in [1.29, 1.82) is 0 Å². The molecule has 1 aromatic heterocycles. The van der Waals surface area contributed by atoms with Gasteiger partial charge in [-0.05, 0) is 36.6 Å². The molecule has 0 fully saturated rings. The number of fused-ring (bicyclic) bond motifs is 1. The molecule has 1 atom stereocenters. The second-order valence-electron chi connectivity index (χ2n) is 3.24. The molecule has 0 unspecified atom stereocenters. The minimum atomic E-state index is -0.231. The molecule has 0 saturated carbocycles. The molecule has 0 bridgehead atoms. The number of benzene rings is 1. The van der Waals surface area contributed by atoms with Crippen molar-refractivity contribution >= 4 is 10.9 Å². The lowest BCUT2D eigenvalue weighted by molar-refractivity contribution is 0.629. The van der Waals surface area contributed by atoms with Crippen molar-refractivity contribution in [3.05, 3.63) is 35.8 Å². The lowest BCUT2D eigenvalue weighted by atomic mass is 10.2. The van der Waals surface area contributed by atoms with Crippen molar-refractivity contribution in [2.45, 2.75) is 13.0 Å². The highest BCUT2D eigenvalue weighted by Gasteiger charge is 2.04. The molecule has 0 spiro atoms. The summed E-state index contributed by atoms with van der Waals surface area (Å²) in [5.74, 6) is -0.231. The van der Waals surface area contributed by atoms with Crippen LogP contribution in [-0.4, -0.2) is 4.98 Å². The van der Waals surface area contributed by atoms with Crippen molar-refractivity contribution in [3.8, 4) is 0 Å². The fraction of sp³-hybridized carbons (Fsp3) is 0.200. The molecule has 3 N–H and O–H groups in total. The molecule has 2 nitrogen and oxygen atoms in total. The van der Waals surface area contributed by atoms with E-state index in [2.05, 4.69) is 4.98 Å². The highest BCUT2D eigenvalue weighted by Crippen LogP contribution is 2.19. The van der Waals surface area contributed by atoms with E-state index in [0.717, 1.165) is 16.6 Å². The molecule has 0 radical (unpaired) electrons. The normalized spacial score (nSPS) is 13.5. The van der Waals surface area contributed by atoms with Crippen molar-refractivity contribution < 1.29 is 4.39 Å². The van der Waals surface area contributed by atoms with Gasteiger partial charge in [0.05, 0.1) is 0 Å². The summed E-state index contributed by atoms with van der Waals surface area (Å²) in [6, 6.07) is 6.56. The molecule has 0 aliphatic rings. The summed E-state index contributed by atoms with van der Waals surface area (Å²) in [5.41, 5.74) is 7.42. The number of rotatable bonds is 1. The van der Waals surface area contributed by atoms with Gasteiger partial charge in [-0.2, -0.15) is 0 Å². The first kappa shape index (κ1) is 8.26. The van der Waals surface area contributed by atoms with Crippen LogP contribution in [0.1, 0.15) is 18.7 Å². The summed E-state index contributed by atoms with van der Waals surface area (Å²) in [4.78, 5) is 3.07. The van der Waals surface area contributed by atoms with Crippen molar-refractivity contribution in [2.75, 3.05) is 0 Å². The smallest absolute Gasteiger partial charge is 0.125 e. The largest absolute Gasteiger partial charge is 0.357 e. The Balaban J connectivity index is 2.62. The third-order valence-corrected chi connectivity index (χ3v) is 2.10. The standard InChI is InChI=1S/C10H11FN2/c1-6(12)9-4-7-2-3-8(11)5-10(7)13-9/h2-6,13H,12H2,1H3/t6-/m1/s1. The maximum atomic E-state index is 12.8. The third-order valence-electron chi connectivity index (χ3n) is 2.10. The number of nitrogens with one attached hydrogen (secondary N) is 1. The summed E-state index contributed by atoms with van der Waals surface area (Å²) < 4.78 is 12.8. The first-order chi connectivity index (χ1) is 6.16. The number of hydrogen-bond acceptors (Lipinski definition) is 1. The second-order valence-corrected chi connectivity index (χ2v) is 3.24. The van der Waals surface area contributed by atoms with Gasteiger partial charge in [-0.3, -0.25) is 0 Å². The summed E-state index contributed by atoms with van der Waals surface area (Å²) >= 11 is 0. The molecule has 68 valence electrons. The van der Waals surface area contributed by atoms with Crippen LogP contribution in [0.25, 0.3) is 10.9 Å². The van der Waals surface area contributed by atoms with Gasteiger partial charge in [-0.1, -0.05) is 0 Å². The summed E-state index contributed by atoms with van der Waals surface area (Å²) in [6.45, 7) is 1.89. The van der Waals surface area contributed by atoms with Gasteiger partial charge in [0.25, 0.3) is 0 Å². The summed E-state index contributed by atoms with van der Waals surface area (Å²) in [5, 5.41) is 0.994. The second kappa shape index (κ2) is 2.85. The first-order valence-electron chi connectivity index (χ1n) is 4.20. The van der Waals surface area contributed by atoms with Gasteiger partial charge in [0.15, 0.2) is 0 Å². The summed E-state index contributed by atoms with van der Waals surface area (Å²) in [6.07, 6.45) is 0. The minimum absolute atomic E-state index is 0.0459. The van der Waals surface area contributed by atoms with Crippen LogP contribution in [0.2, 0.25) is 0 Å². The molecule has 1 heterocycles. The van der Waals surface area contributed by atoms with Crippen molar-refractivity contribution in [2.24, 2.45) is 5.73 Å². The zero-order valence-corrected chi connectivity index (χ0v) is 7.34. The van der Waals surface area contributed by atoms with Crippen LogP contribution in [0.15, 0.2) is 24.3 Å². The van der Waals surface area contributed by atoms with Crippen LogP contribution < -0.4 is 5.73 Å². The number of halogens is 1. The quantitative estimate of drug-likeness (QED) is 0.691. The molecular weight excluding hydrogens is 167 g/mol. The van der Waals surface area contributed by atoms with E-state index in [-0.39, 0.29) is 11.9 Å². The van der Waals surface area contributed by atoms with Crippen LogP contribution in [-0.2, 0) is 0 Å². The number of nitrogens with two attached hydrogens (primary N) is 1. The molecule has 2 aromatic rings. The van der Waals surface area contributed by atoms with E-state index < -0.39 is 0 Å².